The van der Waals surface area contributed by atoms with Gasteiger partial charge >= 0.3 is 0 Å². The molecule has 130 valence electrons. The van der Waals surface area contributed by atoms with Gasteiger partial charge in [0.05, 0.1) is 5.69 Å². The maximum absolute atomic E-state index is 8.74. The van der Waals surface area contributed by atoms with E-state index in [1.807, 2.05) is 30.3 Å². The molecule has 4 aromatic rings. The van der Waals surface area contributed by atoms with Crippen molar-refractivity contribution in [3.8, 4) is 11.3 Å². The molecule has 1 aliphatic carbocycles. The molecule has 0 saturated heterocycles. The lowest BCUT2D eigenvalue weighted by atomic mass is 9.97. The molecule has 0 atom stereocenters. The van der Waals surface area contributed by atoms with Crippen LogP contribution in [0.4, 0.5) is 0 Å². The van der Waals surface area contributed by atoms with Crippen molar-refractivity contribution in [2.75, 3.05) is 0 Å². The van der Waals surface area contributed by atoms with Gasteiger partial charge in [-0.15, -0.1) is 11.3 Å². The lowest BCUT2D eigenvalue weighted by molar-refractivity contribution is 0.546. The Morgan fingerprint density at radius 1 is 1.12 bits per heavy atom. The van der Waals surface area contributed by atoms with Crippen LogP contribution >= 0.6 is 11.3 Å². The SMILES string of the molecule is [2H]C([2H])([2H])c1ccc2c(c1)sc1c(-c3cc(C([2H])([2H])C4CCCC4)ccn3)cccc12. The summed E-state index contributed by atoms with van der Waals surface area (Å²) >= 11 is 1.57. The number of aromatic nitrogens is 1. The predicted octanol–water partition coefficient (Wildman–Crippen LogP) is 7.16. The minimum atomic E-state index is -2.13. The third-order valence-electron chi connectivity index (χ3n) is 5.26. The maximum atomic E-state index is 8.74. The first kappa shape index (κ1) is 11.5. The van der Waals surface area contributed by atoms with Crippen LogP contribution in [0.3, 0.4) is 0 Å². The molecule has 0 spiro atoms. The number of nitrogens with zero attached hydrogens (tertiary/aromatic N) is 1. The van der Waals surface area contributed by atoms with Gasteiger partial charge in [0.2, 0.25) is 0 Å². The zero-order chi connectivity index (χ0) is 21.8. The van der Waals surface area contributed by atoms with Crippen molar-refractivity contribution < 1.29 is 6.85 Å². The van der Waals surface area contributed by atoms with Crippen LogP contribution < -0.4 is 0 Å². The van der Waals surface area contributed by atoms with Gasteiger partial charge in [0.25, 0.3) is 0 Å². The lowest BCUT2D eigenvalue weighted by Crippen LogP contribution is -1.99. The molecule has 1 aliphatic rings. The zero-order valence-electron chi connectivity index (χ0n) is 19.5. The minimum absolute atomic E-state index is 0.0566. The van der Waals surface area contributed by atoms with Crippen LogP contribution in [0.25, 0.3) is 31.4 Å². The standard InChI is InChI=1S/C24H23NS/c1-16-9-10-19-20-7-4-8-21(24(20)26-23(19)13-16)22-15-18(11-12-25-22)14-17-5-2-3-6-17/h4,7-13,15,17H,2-3,5-6,14H2,1H3/i1D3,14D2. The molecule has 0 amide bonds. The molecule has 0 unspecified atom stereocenters. The number of hydrogen-bond acceptors (Lipinski definition) is 2. The number of rotatable bonds is 3. The zero-order valence-corrected chi connectivity index (χ0v) is 15.3. The van der Waals surface area contributed by atoms with E-state index in [-0.39, 0.29) is 5.92 Å². The van der Waals surface area contributed by atoms with Crippen LogP contribution in [0.5, 0.6) is 0 Å². The van der Waals surface area contributed by atoms with Crippen molar-refractivity contribution in [2.24, 2.45) is 5.92 Å². The molecule has 1 fully saturated rings. The van der Waals surface area contributed by atoms with E-state index in [9.17, 15) is 0 Å². The van der Waals surface area contributed by atoms with Gasteiger partial charge in [-0.2, -0.15) is 0 Å². The minimum Gasteiger partial charge on any atom is -0.256 e. The summed E-state index contributed by atoms with van der Waals surface area (Å²) in [6.45, 7) is -2.13. The Morgan fingerprint density at radius 2 is 2.04 bits per heavy atom. The fourth-order valence-corrected chi connectivity index (χ4v) is 5.24. The second-order valence-electron chi connectivity index (χ2n) is 7.05. The smallest absolute Gasteiger partial charge is 0.0719 e. The highest BCUT2D eigenvalue weighted by Gasteiger charge is 2.16. The van der Waals surface area contributed by atoms with E-state index in [1.165, 1.54) is 0 Å². The number of benzene rings is 2. The van der Waals surface area contributed by atoms with Crippen molar-refractivity contribution in [2.45, 2.75) is 38.9 Å². The summed E-state index contributed by atoms with van der Waals surface area (Å²) in [5, 5.41) is 2.10. The molecule has 26 heavy (non-hydrogen) atoms. The lowest BCUT2D eigenvalue weighted by Gasteiger charge is -2.10. The molecule has 2 heteroatoms. The van der Waals surface area contributed by atoms with Gasteiger partial charge in [-0.3, -0.25) is 4.98 Å². The Balaban J connectivity index is 1.64. The van der Waals surface area contributed by atoms with E-state index in [2.05, 4.69) is 4.98 Å². The van der Waals surface area contributed by atoms with Gasteiger partial charge in [0, 0.05) is 38.8 Å². The molecule has 0 radical (unpaired) electrons. The molecule has 2 heterocycles. The van der Waals surface area contributed by atoms with Gasteiger partial charge in [-0.1, -0.05) is 56.0 Å². The Morgan fingerprint density at radius 3 is 2.92 bits per heavy atom. The molecule has 2 aromatic carbocycles. The second kappa shape index (κ2) is 6.51. The van der Waals surface area contributed by atoms with E-state index in [0.717, 1.165) is 57.1 Å². The summed E-state index contributed by atoms with van der Waals surface area (Å²) < 4.78 is 42.6. The van der Waals surface area contributed by atoms with Crippen molar-refractivity contribution in [3.63, 3.8) is 0 Å². The Bertz CT molecular complexity index is 1270. The van der Waals surface area contributed by atoms with E-state index in [4.69, 9.17) is 6.85 Å². The van der Waals surface area contributed by atoms with Gasteiger partial charge < -0.3 is 0 Å². The molecule has 2 aromatic heterocycles. The Hall–Kier alpha value is -2.19. The monoisotopic (exact) mass is 362 g/mol. The molecule has 5 rings (SSSR count). The third-order valence-corrected chi connectivity index (χ3v) is 6.46. The number of thiophene rings is 1. The van der Waals surface area contributed by atoms with Crippen LogP contribution in [-0.2, 0) is 6.37 Å². The van der Waals surface area contributed by atoms with E-state index < -0.39 is 13.2 Å². The molecular weight excluding hydrogens is 334 g/mol. The first-order valence-electron chi connectivity index (χ1n) is 11.7. The second-order valence-corrected chi connectivity index (χ2v) is 8.10. The predicted molar refractivity (Wildman–Crippen MR) is 113 cm³/mol. The number of fused-ring (bicyclic) bond motifs is 3. The quantitative estimate of drug-likeness (QED) is 0.377. The van der Waals surface area contributed by atoms with Crippen molar-refractivity contribution >= 4 is 31.5 Å². The highest BCUT2D eigenvalue weighted by molar-refractivity contribution is 7.26. The van der Waals surface area contributed by atoms with Gasteiger partial charge in [-0.25, -0.2) is 0 Å². The summed E-state index contributed by atoms with van der Waals surface area (Å²) in [4.78, 5) is 4.58. The van der Waals surface area contributed by atoms with Crippen molar-refractivity contribution in [3.05, 3.63) is 65.9 Å². The van der Waals surface area contributed by atoms with Crippen LogP contribution in [0.2, 0.25) is 0 Å². The fourth-order valence-electron chi connectivity index (χ4n) is 3.97. The van der Waals surface area contributed by atoms with Gasteiger partial charge in [0.1, 0.15) is 0 Å². The number of pyridine rings is 1. The first-order valence-corrected chi connectivity index (χ1v) is 9.99. The molecule has 1 nitrogen and oxygen atoms in total. The summed E-state index contributed by atoms with van der Waals surface area (Å²) in [6, 6.07) is 15.1. The van der Waals surface area contributed by atoms with E-state index in [0.29, 0.717) is 11.1 Å². The van der Waals surface area contributed by atoms with Crippen LogP contribution in [-0.4, -0.2) is 4.98 Å². The summed E-state index contributed by atoms with van der Waals surface area (Å²) in [7, 11) is 0. The summed E-state index contributed by atoms with van der Waals surface area (Å²) in [5.74, 6) is 0.0566. The van der Waals surface area contributed by atoms with Gasteiger partial charge in [-0.05, 0) is 48.5 Å². The van der Waals surface area contributed by atoms with Crippen LogP contribution in [0.1, 0.15) is 43.7 Å². The average Bonchev–Trinajstić information content (AvgIpc) is 3.41. The third kappa shape index (κ3) is 2.83. The first-order chi connectivity index (χ1) is 14.7. The molecule has 1 saturated carbocycles. The molecular formula is C24H23NS. The van der Waals surface area contributed by atoms with E-state index in [1.54, 1.807) is 35.7 Å². The van der Waals surface area contributed by atoms with Crippen molar-refractivity contribution in [1.82, 2.24) is 4.98 Å². The molecule has 0 N–H and O–H groups in total. The average molecular weight is 363 g/mol. The van der Waals surface area contributed by atoms with Crippen LogP contribution in [0, 0.1) is 12.8 Å². The molecule has 0 aliphatic heterocycles. The van der Waals surface area contributed by atoms with Crippen molar-refractivity contribution in [1.29, 1.82) is 0 Å². The van der Waals surface area contributed by atoms with E-state index >= 15 is 0 Å². The highest BCUT2D eigenvalue weighted by Crippen LogP contribution is 2.40. The fraction of sp³-hybridized carbons (Fsp3) is 0.292. The Labute approximate surface area is 165 Å². The maximum Gasteiger partial charge on any atom is 0.0719 e. The number of hydrogen-bond donors (Lipinski definition) is 0. The largest absolute Gasteiger partial charge is 0.256 e. The normalized spacial score (nSPS) is 19.2. The topological polar surface area (TPSA) is 12.9 Å². The summed E-state index contributed by atoms with van der Waals surface area (Å²) in [6.07, 6.45) is 4.40. The van der Waals surface area contributed by atoms with Crippen LogP contribution in [0.15, 0.2) is 54.7 Å². The number of aryl methyl sites for hydroxylation is 1. The summed E-state index contributed by atoms with van der Waals surface area (Å²) in [5.41, 5.74) is 2.75. The highest BCUT2D eigenvalue weighted by atomic mass is 32.1. The van der Waals surface area contributed by atoms with Gasteiger partial charge in [0.15, 0.2) is 0 Å². The molecule has 0 bridgehead atoms. The Kier molecular flexibility index (Phi) is 2.88.